The summed E-state index contributed by atoms with van der Waals surface area (Å²) in [4.78, 5) is 12.9. The lowest BCUT2D eigenvalue weighted by atomic mass is 10.0. The fourth-order valence-corrected chi connectivity index (χ4v) is 4.70. The number of ether oxygens (including phenoxy) is 1. The molecule has 2 aromatic rings. The van der Waals surface area contributed by atoms with E-state index in [9.17, 15) is 0 Å². The van der Waals surface area contributed by atoms with Crippen LogP contribution in [-0.2, 0) is 25.8 Å². The summed E-state index contributed by atoms with van der Waals surface area (Å²) in [5, 5.41) is 4.76. The normalized spacial score (nSPS) is 14.0. The van der Waals surface area contributed by atoms with Gasteiger partial charge < -0.3 is 15.0 Å². The summed E-state index contributed by atoms with van der Waals surface area (Å²) in [6.45, 7) is 1.65. The van der Waals surface area contributed by atoms with E-state index < -0.39 is 0 Å². The Labute approximate surface area is 166 Å². The van der Waals surface area contributed by atoms with Gasteiger partial charge in [0.05, 0.1) is 17.8 Å². The zero-order valence-electron chi connectivity index (χ0n) is 16.6. The zero-order chi connectivity index (χ0) is 19.1. The van der Waals surface area contributed by atoms with E-state index in [-0.39, 0.29) is 0 Å². The summed E-state index contributed by atoms with van der Waals surface area (Å²) < 4.78 is 5.45. The molecule has 1 aliphatic rings. The highest BCUT2D eigenvalue weighted by molar-refractivity contribution is 7.11. The van der Waals surface area contributed by atoms with Crippen molar-refractivity contribution in [2.45, 2.75) is 45.1 Å². The summed E-state index contributed by atoms with van der Waals surface area (Å²) in [7, 11) is 5.59. The Kier molecular flexibility index (Phi) is 7.10. The van der Waals surface area contributed by atoms with Gasteiger partial charge in [0.2, 0.25) is 0 Å². The van der Waals surface area contributed by atoms with Gasteiger partial charge in [-0.2, -0.15) is 0 Å². The zero-order valence-corrected chi connectivity index (χ0v) is 17.4. The minimum atomic E-state index is 0.753. The number of nitrogens with zero attached hydrogens (tertiary/aromatic N) is 3. The standard InChI is InChI=1S/C21H30N4OS/c1-22-21(25(2)15-16-9-4-6-11-18(16)26-3)23-14-8-13-20-24-17-10-5-7-12-19(17)27-20/h4,6,9,11H,5,7-8,10,12-15H2,1-3H3,(H,22,23). The van der Waals surface area contributed by atoms with Crippen LogP contribution in [0.3, 0.4) is 0 Å². The fourth-order valence-electron chi connectivity index (χ4n) is 3.50. The van der Waals surface area contributed by atoms with E-state index in [1.165, 1.54) is 41.3 Å². The minimum Gasteiger partial charge on any atom is -0.496 e. The number of aryl methyl sites for hydroxylation is 3. The smallest absolute Gasteiger partial charge is 0.193 e. The highest BCUT2D eigenvalue weighted by Gasteiger charge is 2.15. The third-order valence-corrected chi connectivity index (χ3v) is 6.13. The van der Waals surface area contributed by atoms with Gasteiger partial charge in [-0.1, -0.05) is 18.2 Å². The number of aromatic nitrogens is 1. The third kappa shape index (κ3) is 5.22. The van der Waals surface area contributed by atoms with Crippen molar-refractivity contribution < 1.29 is 4.74 Å². The van der Waals surface area contributed by atoms with Gasteiger partial charge in [-0.3, -0.25) is 4.99 Å². The molecule has 27 heavy (non-hydrogen) atoms. The van der Waals surface area contributed by atoms with Crippen LogP contribution in [0.4, 0.5) is 0 Å². The first-order valence-electron chi connectivity index (χ1n) is 9.72. The van der Waals surface area contributed by atoms with Crippen LogP contribution >= 0.6 is 11.3 Å². The van der Waals surface area contributed by atoms with Crippen molar-refractivity contribution in [3.63, 3.8) is 0 Å². The highest BCUT2D eigenvalue weighted by Crippen LogP contribution is 2.27. The van der Waals surface area contributed by atoms with Crippen molar-refractivity contribution in [1.82, 2.24) is 15.2 Å². The van der Waals surface area contributed by atoms with Gasteiger partial charge in [0.1, 0.15) is 5.75 Å². The van der Waals surface area contributed by atoms with Crippen LogP contribution in [0.5, 0.6) is 5.75 Å². The summed E-state index contributed by atoms with van der Waals surface area (Å²) in [5.74, 6) is 1.81. The number of thiazole rings is 1. The molecule has 1 heterocycles. The van der Waals surface area contributed by atoms with Gasteiger partial charge in [-0.25, -0.2) is 4.98 Å². The highest BCUT2D eigenvalue weighted by atomic mass is 32.1. The molecular weight excluding hydrogens is 356 g/mol. The SMILES string of the molecule is CN=C(NCCCc1nc2c(s1)CCCC2)N(C)Cc1ccccc1OC. The molecule has 6 heteroatoms. The lowest BCUT2D eigenvalue weighted by Gasteiger charge is -2.23. The summed E-state index contributed by atoms with van der Waals surface area (Å²) in [6, 6.07) is 8.11. The number of guanidine groups is 1. The van der Waals surface area contributed by atoms with Crippen LogP contribution in [0.25, 0.3) is 0 Å². The number of aliphatic imine (C=N–C) groups is 1. The minimum absolute atomic E-state index is 0.753. The Morgan fingerprint density at radius 1 is 1.30 bits per heavy atom. The quantitative estimate of drug-likeness (QED) is 0.448. The van der Waals surface area contributed by atoms with Gasteiger partial charge >= 0.3 is 0 Å². The Morgan fingerprint density at radius 3 is 2.89 bits per heavy atom. The second-order valence-corrected chi connectivity index (χ2v) is 8.10. The summed E-state index contributed by atoms with van der Waals surface area (Å²) in [5.41, 5.74) is 2.51. The van der Waals surface area contributed by atoms with E-state index in [1.807, 2.05) is 36.6 Å². The molecule has 0 radical (unpaired) electrons. The van der Waals surface area contributed by atoms with Crippen LogP contribution in [0.15, 0.2) is 29.3 Å². The molecule has 0 aliphatic heterocycles. The summed E-state index contributed by atoms with van der Waals surface area (Å²) >= 11 is 1.92. The molecule has 5 nitrogen and oxygen atoms in total. The second kappa shape index (κ2) is 9.74. The molecular formula is C21H30N4OS. The van der Waals surface area contributed by atoms with Gasteiger partial charge in [0.15, 0.2) is 5.96 Å². The average molecular weight is 387 g/mol. The van der Waals surface area contributed by atoms with Crippen LogP contribution in [0.1, 0.15) is 40.4 Å². The number of hydrogen-bond donors (Lipinski definition) is 1. The number of rotatable bonds is 7. The maximum absolute atomic E-state index is 5.45. The average Bonchev–Trinajstić information content (AvgIpc) is 3.11. The van der Waals surface area contributed by atoms with E-state index in [0.717, 1.165) is 43.2 Å². The molecule has 0 unspecified atom stereocenters. The van der Waals surface area contributed by atoms with E-state index in [1.54, 1.807) is 7.11 Å². The Morgan fingerprint density at radius 2 is 2.11 bits per heavy atom. The first-order valence-corrected chi connectivity index (χ1v) is 10.5. The molecule has 146 valence electrons. The molecule has 1 aromatic heterocycles. The molecule has 0 amide bonds. The van der Waals surface area contributed by atoms with Crippen molar-refractivity contribution in [3.8, 4) is 5.75 Å². The fraction of sp³-hybridized carbons (Fsp3) is 0.524. The molecule has 0 bridgehead atoms. The van der Waals surface area contributed by atoms with Gasteiger partial charge in [0.25, 0.3) is 0 Å². The molecule has 0 atom stereocenters. The van der Waals surface area contributed by atoms with E-state index >= 15 is 0 Å². The van der Waals surface area contributed by atoms with Crippen molar-refractivity contribution in [2.75, 3.05) is 27.7 Å². The molecule has 1 aliphatic carbocycles. The first kappa shape index (κ1) is 19.7. The Hall–Kier alpha value is -2.08. The molecule has 1 aromatic carbocycles. The van der Waals surface area contributed by atoms with E-state index in [0.29, 0.717) is 0 Å². The number of nitrogens with one attached hydrogen (secondary N) is 1. The monoisotopic (exact) mass is 386 g/mol. The maximum atomic E-state index is 5.45. The van der Waals surface area contributed by atoms with Crippen molar-refractivity contribution in [2.24, 2.45) is 4.99 Å². The second-order valence-electron chi connectivity index (χ2n) is 6.93. The summed E-state index contributed by atoms with van der Waals surface area (Å²) in [6.07, 6.45) is 7.12. The molecule has 0 saturated heterocycles. The number of benzene rings is 1. The topological polar surface area (TPSA) is 49.8 Å². The van der Waals surface area contributed by atoms with Crippen LogP contribution in [0.2, 0.25) is 0 Å². The number of hydrogen-bond acceptors (Lipinski definition) is 4. The van der Waals surface area contributed by atoms with Gasteiger partial charge in [-0.05, 0) is 38.2 Å². The Bertz CT molecular complexity index is 748. The van der Waals surface area contributed by atoms with Crippen LogP contribution in [-0.4, -0.2) is 43.6 Å². The third-order valence-electron chi connectivity index (χ3n) is 4.91. The first-order chi connectivity index (χ1) is 13.2. The van der Waals surface area contributed by atoms with Crippen LogP contribution < -0.4 is 10.1 Å². The van der Waals surface area contributed by atoms with Crippen molar-refractivity contribution in [1.29, 1.82) is 0 Å². The van der Waals surface area contributed by atoms with Gasteiger partial charge in [-0.15, -0.1) is 11.3 Å². The van der Waals surface area contributed by atoms with E-state index in [2.05, 4.69) is 28.3 Å². The predicted molar refractivity (Wildman–Crippen MR) is 113 cm³/mol. The molecule has 3 rings (SSSR count). The molecule has 0 saturated carbocycles. The van der Waals surface area contributed by atoms with Crippen LogP contribution in [0, 0.1) is 0 Å². The molecule has 1 N–H and O–H groups in total. The molecule has 0 fully saturated rings. The maximum Gasteiger partial charge on any atom is 0.193 e. The number of fused-ring (bicyclic) bond motifs is 1. The predicted octanol–water partition coefficient (Wildman–Crippen LogP) is 3.67. The van der Waals surface area contributed by atoms with Crippen molar-refractivity contribution >= 4 is 17.3 Å². The molecule has 0 spiro atoms. The number of para-hydroxylation sites is 1. The number of methoxy groups -OCH3 is 1. The Balaban J connectivity index is 1.46. The van der Waals surface area contributed by atoms with Crippen molar-refractivity contribution in [3.05, 3.63) is 45.4 Å². The van der Waals surface area contributed by atoms with E-state index in [4.69, 9.17) is 9.72 Å². The van der Waals surface area contributed by atoms with Gasteiger partial charge in [0, 0.05) is 44.0 Å². The lowest BCUT2D eigenvalue weighted by molar-refractivity contribution is 0.396. The largest absolute Gasteiger partial charge is 0.496 e. The lowest BCUT2D eigenvalue weighted by Crippen LogP contribution is -2.39.